The average molecular weight is 406 g/mol. The summed E-state index contributed by atoms with van der Waals surface area (Å²) in [6.07, 6.45) is 0.924. The van der Waals surface area contributed by atoms with Crippen LogP contribution in [0.25, 0.3) is 0 Å². The van der Waals surface area contributed by atoms with Crippen molar-refractivity contribution in [3.8, 4) is 0 Å². The number of urea groups is 1. The van der Waals surface area contributed by atoms with E-state index in [-0.39, 0.29) is 22.7 Å². The number of carbonyl (C=O) groups is 2. The van der Waals surface area contributed by atoms with E-state index in [1.807, 2.05) is 0 Å². The molecule has 0 aliphatic heterocycles. The number of carboxylic acids is 1. The Balaban J connectivity index is 2.16. The Morgan fingerprint density at radius 1 is 1.35 bits per heavy atom. The van der Waals surface area contributed by atoms with Crippen molar-refractivity contribution in [3.05, 3.63) is 26.6 Å². The normalized spacial score (nSPS) is 19.3. The molecule has 1 aromatic rings. The second-order valence-electron chi connectivity index (χ2n) is 5.46. The van der Waals surface area contributed by atoms with Gasteiger partial charge in [0.05, 0.1) is 11.3 Å². The molecule has 3 N–H and O–H groups in total. The van der Waals surface area contributed by atoms with Crippen LogP contribution in [0.2, 0.25) is 0 Å². The van der Waals surface area contributed by atoms with Gasteiger partial charge in [-0.3, -0.25) is 0 Å². The fourth-order valence-corrected chi connectivity index (χ4v) is 3.22. The summed E-state index contributed by atoms with van der Waals surface area (Å²) in [6, 6.07) is 2.86. The number of rotatable bonds is 3. The average Bonchev–Trinajstić information content (AvgIpc) is 2.88. The van der Waals surface area contributed by atoms with Crippen molar-refractivity contribution in [1.29, 1.82) is 0 Å². The Hall–Kier alpha value is -1.08. The third-order valence-corrected chi connectivity index (χ3v) is 4.43. The van der Waals surface area contributed by atoms with Gasteiger partial charge in [0.25, 0.3) is 0 Å². The summed E-state index contributed by atoms with van der Waals surface area (Å²) < 4.78 is 1.13. The summed E-state index contributed by atoms with van der Waals surface area (Å²) in [7, 11) is 0. The van der Waals surface area contributed by atoms with Gasteiger partial charge in [-0.1, -0.05) is 29.8 Å². The number of amides is 2. The van der Waals surface area contributed by atoms with Crippen LogP contribution in [0.15, 0.2) is 21.1 Å². The predicted octanol–water partition coefficient (Wildman–Crippen LogP) is 3.83. The van der Waals surface area contributed by atoms with Gasteiger partial charge in [-0.2, -0.15) is 0 Å². The highest BCUT2D eigenvalue weighted by Gasteiger charge is 2.46. The first kappa shape index (κ1) is 15.3. The third-order valence-electron chi connectivity index (χ3n) is 3.34. The van der Waals surface area contributed by atoms with Crippen LogP contribution in [-0.4, -0.2) is 23.1 Å². The van der Waals surface area contributed by atoms with E-state index in [0.29, 0.717) is 8.95 Å². The molecule has 1 atom stereocenters. The SMILES string of the molecule is CC1(C)CC1NC(=O)Nc1c(Br)cc(Br)cc1C(=O)O. The van der Waals surface area contributed by atoms with E-state index in [4.69, 9.17) is 0 Å². The monoisotopic (exact) mass is 404 g/mol. The third kappa shape index (κ3) is 3.32. The molecule has 2 rings (SSSR count). The summed E-state index contributed by atoms with van der Waals surface area (Å²) in [5, 5.41) is 14.6. The van der Waals surface area contributed by atoms with Crippen molar-refractivity contribution in [1.82, 2.24) is 5.32 Å². The van der Waals surface area contributed by atoms with Gasteiger partial charge in [-0.25, -0.2) is 9.59 Å². The van der Waals surface area contributed by atoms with Gasteiger partial charge in [0.1, 0.15) is 0 Å². The standard InChI is InChI=1S/C13H14Br2N2O3/c1-13(2)5-9(13)16-12(20)17-10-7(11(18)19)3-6(14)4-8(10)15/h3-4,9H,5H2,1-2H3,(H,18,19)(H2,16,17,20). The molecule has 0 bridgehead atoms. The van der Waals surface area contributed by atoms with Crippen molar-refractivity contribution >= 4 is 49.5 Å². The van der Waals surface area contributed by atoms with Crippen LogP contribution in [-0.2, 0) is 0 Å². The molecule has 1 aliphatic rings. The lowest BCUT2D eigenvalue weighted by Crippen LogP contribution is -2.33. The van der Waals surface area contributed by atoms with Crippen molar-refractivity contribution in [2.75, 3.05) is 5.32 Å². The highest BCUT2D eigenvalue weighted by molar-refractivity contribution is 9.11. The summed E-state index contributed by atoms with van der Waals surface area (Å²) >= 11 is 6.49. The summed E-state index contributed by atoms with van der Waals surface area (Å²) in [6.45, 7) is 4.13. The second kappa shape index (κ2) is 5.37. The molecule has 0 aromatic heterocycles. The molecule has 0 saturated heterocycles. The largest absolute Gasteiger partial charge is 0.478 e. The van der Waals surface area contributed by atoms with E-state index in [9.17, 15) is 14.7 Å². The maximum atomic E-state index is 11.9. The van der Waals surface area contributed by atoms with Gasteiger partial charge in [0.2, 0.25) is 0 Å². The molecule has 2 amide bonds. The molecule has 1 aromatic carbocycles. The molecule has 20 heavy (non-hydrogen) atoms. The Morgan fingerprint density at radius 3 is 2.45 bits per heavy atom. The first-order chi connectivity index (χ1) is 9.20. The van der Waals surface area contributed by atoms with Gasteiger partial charge < -0.3 is 15.7 Å². The minimum absolute atomic E-state index is 0.0245. The second-order valence-corrected chi connectivity index (χ2v) is 7.23. The molecule has 5 nitrogen and oxygen atoms in total. The zero-order valence-corrected chi connectivity index (χ0v) is 14.1. The topological polar surface area (TPSA) is 78.4 Å². The van der Waals surface area contributed by atoms with Crippen LogP contribution in [0.5, 0.6) is 0 Å². The van der Waals surface area contributed by atoms with Crippen molar-refractivity contribution < 1.29 is 14.7 Å². The van der Waals surface area contributed by atoms with E-state index in [0.717, 1.165) is 6.42 Å². The van der Waals surface area contributed by atoms with E-state index in [1.54, 1.807) is 6.07 Å². The molecule has 0 radical (unpaired) electrons. The van der Waals surface area contributed by atoms with Gasteiger partial charge in [-0.15, -0.1) is 0 Å². The number of nitrogens with one attached hydrogen (secondary N) is 2. The van der Waals surface area contributed by atoms with Gasteiger partial charge >= 0.3 is 12.0 Å². The zero-order valence-electron chi connectivity index (χ0n) is 11.0. The number of hydrogen-bond donors (Lipinski definition) is 3. The molecular weight excluding hydrogens is 392 g/mol. The van der Waals surface area contributed by atoms with Gasteiger partial charge in [0, 0.05) is 15.0 Å². The first-order valence-electron chi connectivity index (χ1n) is 6.00. The molecule has 0 spiro atoms. The summed E-state index contributed by atoms with van der Waals surface area (Å²) in [5.41, 5.74) is 0.386. The lowest BCUT2D eigenvalue weighted by Gasteiger charge is -2.13. The Kier molecular flexibility index (Phi) is 4.11. The Bertz CT molecular complexity index is 587. The molecule has 1 aliphatic carbocycles. The van der Waals surface area contributed by atoms with E-state index in [2.05, 4.69) is 56.3 Å². The number of aromatic carboxylic acids is 1. The van der Waals surface area contributed by atoms with Crippen LogP contribution in [0, 0.1) is 5.41 Å². The first-order valence-corrected chi connectivity index (χ1v) is 7.59. The minimum Gasteiger partial charge on any atom is -0.478 e. The lowest BCUT2D eigenvalue weighted by molar-refractivity contribution is 0.0698. The van der Waals surface area contributed by atoms with Crippen LogP contribution in [0.1, 0.15) is 30.6 Å². The zero-order chi connectivity index (χ0) is 15.1. The van der Waals surface area contributed by atoms with Crippen LogP contribution in [0.4, 0.5) is 10.5 Å². The van der Waals surface area contributed by atoms with Crippen molar-refractivity contribution in [3.63, 3.8) is 0 Å². The number of benzene rings is 1. The van der Waals surface area contributed by atoms with Crippen LogP contribution >= 0.6 is 31.9 Å². The van der Waals surface area contributed by atoms with Gasteiger partial charge in [-0.05, 0) is 39.9 Å². The molecule has 7 heteroatoms. The molecule has 108 valence electrons. The fourth-order valence-electron chi connectivity index (χ4n) is 1.89. The lowest BCUT2D eigenvalue weighted by atomic mass is 10.2. The Morgan fingerprint density at radius 2 is 1.95 bits per heavy atom. The molecule has 1 fully saturated rings. The molecular formula is C13H14Br2N2O3. The highest BCUT2D eigenvalue weighted by Crippen LogP contribution is 2.44. The summed E-state index contributed by atoms with van der Waals surface area (Å²) in [4.78, 5) is 23.1. The van der Waals surface area contributed by atoms with E-state index >= 15 is 0 Å². The maximum Gasteiger partial charge on any atom is 0.337 e. The summed E-state index contributed by atoms with van der Waals surface area (Å²) in [5.74, 6) is -1.10. The maximum absolute atomic E-state index is 11.9. The number of anilines is 1. The molecule has 0 heterocycles. The minimum atomic E-state index is -1.10. The predicted molar refractivity (Wildman–Crippen MR) is 83.1 cm³/mol. The number of carbonyl (C=O) groups excluding carboxylic acids is 1. The quantitative estimate of drug-likeness (QED) is 0.714. The van der Waals surface area contributed by atoms with Crippen LogP contribution < -0.4 is 10.6 Å². The number of hydrogen-bond acceptors (Lipinski definition) is 2. The van der Waals surface area contributed by atoms with Crippen molar-refractivity contribution in [2.24, 2.45) is 5.41 Å². The van der Waals surface area contributed by atoms with Crippen LogP contribution in [0.3, 0.4) is 0 Å². The van der Waals surface area contributed by atoms with E-state index < -0.39 is 12.0 Å². The number of carboxylic acid groups (broad SMARTS) is 1. The fraction of sp³-hybridized carbons (Fsp3) is 0.385. The van der Waals surface area contributed by atoms with Gasteiger partial charge in [0.15, 0.2) is 0 Å². The van der Waals surface area contributed by atoms with E-state index in [1.165, 1.54) is 6.07 Å². The smallest absolute Gasteiger partial charge is 0.337 e. The highest BCUT2D eigenvalue weighted by atomic mass is 79.9. The molecule has 1 saturated carbocycles. The Labute approximate surface area is 133 Å². The number of halogens is 2. The van der Waals surface area contributed by atoms with Crippen molar-refractivity contribution in [2.45, 2.75) is 26.3 Å². The molecule has 1 unspecified atom stereocenters.